The molecule has 2 fully saturated rings. The third-order valence-corrected chi connectivity index (χ3v) is 6.48. The quantitative estimate of drug-likeness (QED) is 0.880. The van der Waals surface area contributed by atoms with Gasteiger partial charge < -0.3 is 5.11 Å². The average Bonchev–Trinajstić information content (AvgIpc) is 2.71. The summed E-state index contributed by atoms with van der Waals surface area (Å²) in [4.78, 5) is 11.8. The summed E-state index contributed by atoms with van der Waals surface area (Å²) in [7, 11) is 0. The van der Waals surface area contributed by atoms with Crippen LogP contribution < -0.4 is 0 Å². The van der Waals surface area contributed by atoms with E-state index in [9.17, 15) is 5.11 Å². The second-order valence-corrected chi connectivity index (χ2v) is 8.53. The van der Waals surface area contributed by atoms with Crippen LogP contribution in [0.1, 0.15) is 69.0 Å². The molecule has 1 aliphatic heterocycles. The highest BCUT2D eigenvalue weighted by atomic mass is 16.3. The Morgan fingerprint density at radius 2 is 1.93 bits per heavy atom. The maximum absolute atomic E-state index is 11.7. The van der Waals surface area contributed by atoms with Gasteiger partial charge in [0, 0.05) is 37.2 Å². The van der Waals surface area contributed by atoms with Crippen LogP contribution in [-0.4, -0.2) is 32.6 Å². The third-order valence-electron chi connectivity index (χ3n) is 6.48. The van der Waals surface area contributed by atoms with Gasteiger partial charge in [0.25, 0.3) is 0 Å². The molecule has 4 nitrogen and oxygen atoms in total. The molecule has 1 saturated carbocycles. The zero-order chi connectivity index (χ0) is 18.9. The molecule has 0 amide bonds. The Morgan fingerprint density at radius 3 is 2.70 bits per heavy atom. The molecule has 144 valence electrons. The largest absolute Gasteiger partial charge is 0.385 e. The van der Waals surface area contributed by atoms with Crippen molar-refractivity contribution in [3.8, 4) is 0 Å². The van der Waals surface area contributed by atoms with Crippen LogP contribution in [0.2, 0.25) is 0 Å². The Bertz CT molecular complexity index is 763. The summed E-state index contributed by atoms with van der Waals surface area (Å²) in [6.45, 7) is 6.04. The lowest BCUT2D eigenvalue weighted by atomic mass is 9.66. The first-order chi connectivity index (χ1) is 13.1. The Labute approximate surface area is 162 Å². The van der Waals surface area contributed by atoms with E-state index in [4.69, 9.17) is 4.98 Å². The number of aliphatic hydroxyl groups is 1. The number of fused-ring (bicyclic) bond motifs is 1. The van der Waals surface area contributed by atoms with Crippen LogP contribution in [0, 0.1) is 5.92 Å². The zero-order valence-corrected chi connectivity index (χ0v) is 16.5. The van der Waals surface area contributed by atoms with Gasteiger partial charge in [0.2, 0.25) is 0 Å². The van der Waals surface area contributed by atoms with Crippen LogP contribution in [0.5, 0.6) is 0 Å². The SMILES string of the molecule is CC(C)c1nccc(CN2CC[C@](O)(c3ccccc3)[C@@H]3CCCC[C@H]32)n1. The van der Waals surface area contributed by atoms with Crippen LogP contribution in [0.15, 0.2) is 42.6 Å². The van der Waals surface area contributed by atoms with Crippen molar-refractivity contribution < 1.29 is 5.11 Å². The minimum atomic E-state index is -0.697. The van der Waals surface area contributed by atoms with Gasteiger partial charge in [-0.3, -0.25) is 4.90 Å². The second-order valence-electron chi connectivity index (χ2n) is 8.53. The first-order valence-electron chi connectivity index (χ1n) is 10.4. The molecule has 4 rings (SSSR count). The number of nitrogens with zero attached hydrogens (tertiary/aromatic N) is 3. The molecule has 27 heavy (non-hydrogen) atoms. The highest BCUT2D eigenvalue weighted by Crippen LogP contribution is 2.47. The molecule has 1 aromatic carbocycles. The highest BCUT2D eigenvalue weighted by Gasteiger charge is 2.48. The summed E-state index contributed by atoms with van der Waals surface area (Å²) in [6.07, 6.45) is 7.43. The van der Waals surface area contributed by atoms with E-state index in [1.807, 2.05) is 30.5 Å². The van der Waals surface area contributed by atoms with Gasteiger partial charge in [-0.2, -0.15) is 0 Å². The molecule has 1 aliphatic carbocycles. The summed E-state index contributed by atoms with van der Waals surface area (Å²) in [6, 6.07) is 12.8. The zero-order valence-electron chi connectivity index (χ0n) is 16.5. The fraction of sp³-hybridized carbons (Fsp3) is 0.565. The summed E-state index contributed by atoms with van der Waals surface area (Å²) in [5.74, 6) is 1.57. The highest BCUT2D eigenvalue weighted by molar-refractivity contribution is 5.25. The molecule has 1 saturated heterocycles. The van der Waals surface area contributed by atoms with Crippen molar-refractivity contribution in [2.45, 2.75) is 70.1 Å². The van der Waals surface area contributed by atoms with Crippen LogP contribution in [0.4, 0.5) is 0 Å². The van der Waals surface area contributed by atoms with Crippen molar-refractivity contribution in [3.05, 3.63) is 59.7 Å². The van der Waals surface area contributed by atoms with E-state index < -0.39 is 5.60 Å². The Kier molecular flexibility index (Phi) is 5.29. The Balaban J connectivity index is 1.58. The smallest absolute Gasteiger partial charge is 0.131 e. The third kappa shape index (κ3) is 3.65. The topological polar surface area (TPSA) is 49.2 Å². The molecular formula is C23H31N3O. The maximum atomic E-state index is 11.7. The van der Waals surface area contributed by atoms with E-state index >= 15 is 0 Å². The van der Waals surface area contributed by atoms with E-state index in [0.29, 0.717) is 17.9 Å². The van der Waals surface area contributed by atoms with Crippen molar-refractivity contribution in [1.29, 1.82) is 0 Å². The van der Waals surface area contributed by atoms with E-state index in [1.165, 1.54) is 19.3 Å². The van der Waals surface area contributed by atoms with E-state index in [0.717, 1.165) is 43.0 Å². The predicted molar refractivity (Wildman–Crippen MR) is 107 cm³/mol. The first-order valence-corrected chi connectivity index (χ1v) is 10.4. The lowest BCUT2D eigenvalue weighted by Gasteiger charge is -2.52. The van der Waals surface area contributed by atoms with Crippen molar-refractivity contribution >= 4 is 0 Å². The molecule has 1 aromatic heterocycles. The lowest BCUT2D eigenvalue weighted by molar-refractivity contribution is -0.123. The van der Waals surface area contributed by atoms with Gasteiger partial charge in [0.15, 0.2) is 0 Å². The lowest BCUT2D eigenvalue weighted by Crippen LogP contribution is -2.57. The van der Waals surface area contributed by atoms with Gasteiger partial charge in [0.05, 0.1) is 11.3 Å². The average molecular weight is 366 g/mol. The van der Waals surface area contributed by atoms with Gasteiger partial charge in [0.1, 0.15) is 5.82 Å². The van der Waals surface area contributed by atoms with Crippen LogP contribution >= 0.6 is 0 Å². The van der Waals surface area contributed by atoms with Crippen LogP contribution in [0.25, 0.3) is 0 Å². The van der Waals surface area contributed by atoms with Gasteiger partial charge in [-0.25, -0.2) is 9.97 Å². The summed E-state index contributed by atoms with van der Waals surface area (Å²) >= 11 is 0. The molecule has 0 spiro atoms. The molecule has 3 atom stereocenters. The molecule has 2 aromatic rings. The van der Waals surface area contributed by atoms with E-state index in [2.05, 4.69) is 35.9 Å². The van der Waals surface area contributed by atoms with Gasteiger partial charge in [-0.1, -0.05) is 57.0 Å². The van der Waals surface area contributed by atoms with Crippen LogP contribution in [0.3, 0.4) is 0 Å². The van der Waals surface area contributed by atoms with Gasteiger partial charge >= 0.3 is 0 Å². The molecule has 4 heteroatoms. The molecule has 0 radical (unpaired) electrons. The number of likely N-dealkylation sites (tertiary alicyclic amines) is 1. The number of rotatable bonds is 4. The summed E-state index contributed by atoms with van der Waals surface area (Å²) < 4.78 is 0. The number of piperidine rings is 1. The standard InChI is InChI=1S/C23H31N3O/c1-17(2)22-24-14-12-19(25-22)16-26-15-13-23(27,18-8-4-3-5-9-18)20-10-6-7-11-21(20)26/h3-5,8-9,12,14,17,20-21,27H,6-7,10-11,13,15-16H2,1-2H3/t20-,21-,23+/m1/s1. The fourth-order valence-corrected chi connectivity index (χ4v) is 5.04. The number of hydrogen-bond donors (Lipinski definition) is 1. The Morgan fingerprint density at radius 1 is 1.15 bits per heavy atom. The number of benzene rings is 1. The second kappa shape index (κ2) is 7.69. The molecule has 2 aliphatic rings. The first kappa shape index (κ1) is 18.6. The molecule has 0 bridgehead atoms. The van der Waals surface area contributed by atoms with E-state index in [1.54, 1.807) is 0 Å². The molecule has 2 heterocycles. The minimum Gasteiger partial charge on any atom is -0.385 e. The molecular weight excluding hydrogens is 334 g/mol. The van der Waals surface area contributed by atoms with E-state index in [-0.39, 0.29) is 0 Å². The molecule has 0 unspecified atom stereocenters. The number of hydrogen-bond acceptors (Lipinski definition) is 4. The predicted octanol–water partition coefficient (Wildman–Crippen LogP) is 4.25. The van der Waals surface area contributed by atoms with Crippen molar-refractivity contribution in [2.75, 3.05) is 6.54 Å². The monoisotopic (exact) mass is 365 g/mol. The number of aromatic nitrogens is 2. The molecule has 1 N–H and O–H groups in total. The van der Waals surface area contributed by atoms with Crippen molar-refractivity contribution in [1.82, 2.24) is 14.9 Å². The van der Waals surface area contributed by atoms with Gasteiger partial charge in [-0.05, 0) is 30.9 Å². The minimum absolute atomic E-state index is 0.300. The van der Waals surface area contributed by atoms with Crippen molar-refractivity contribution in [2.24, 2.45) is 5.92 Å². The normalized spacial score (nSPS) is 28.9. The fourth-order valence-electron chi connectivity index (χ4n) is 5.04. The maximum Gasteiger partial charge on any atom is 0.131 e. The Hall–Kier alpha value is -1.78. The van der Waals surface area contributed by atoms with Crippen LogP contribution in [-0.2, 0) is 12.1 Å². The summed E-state index contributed by atoms with van der Waals surface area (Å²) in [5, 5.41) is 11.7. The van der Waals surface area contributed by atoms with Crippen molar-refractivity contribution in [3.63, 3.8) is 0 Å². The summed E-state index contributed by atoms with van der Waals surface area (Å²) in [5.41, 5.74) is 1.49. The van der Waals surface area contributed by atoms with Gasteiger partial charge in [-0.15, -0.1) is 0 Å².